The zero-order chi connectivity index (χ0) is 22.9. The molecule has 0 saturated carbocycles. The molecule has 2 N–H and O–H groups in total. The minimum Gasteiger partial charge on any atom is -0.465 e. The van der Waals surface area contributed by atoms with Gasteiger partial charge in [0.2, 0.25) is 0 Å². The van der Waals surface area contributed by atoms with Crippen LogP contribution in [0.25, 0.3) is 10.6 Å². The molecule has 0 unspecified atom stereocenters. The minimum absolute atomic E-state index is 0.0435. The molecule has 3 aromatic rings. The van der Waals surface area contributed by atoms with Gasteiger partial charge in [-0.2, -0.15) is 5.10 Å². The topological polar surface area (TPSA) is 100 Å². The van der Waals surface area contributed by atoms with Gasteiger partial charge < -0.3 is 10.4 Å². The third kappa shape index (κ3) is 4.55. The Hall–Kier alpha value is -3.34. The Kier molecular flexibility index (Phi) is 6.07. The summed E-state index contributed by atoms with van der Waals surface area (Å²) in [6.45, 7) is 7.37. The van der Waals surface area contributed by atoms with Crippen molar-refractivity contribution in [3.8, 4) is 10.6 Å². The monoisotopic (exact) mass is 449 g/mol. The highest BCUT2D eigenvalue weighted by Gasteiger charge is 2.35. The molecule has 0 fully saturated rings. The minimum atomic E-state index is -1.33. The highest BCUT2D eigenvalue weighted by atomic mass is 32.1. The summed E-state index contributed by atoms with van der Waals surface area (Å²) in [5.41, 5.74) is -1.26. The molecule has 164 valence electrons. The van der Waals surface area contributed by atoms with E-state index < -0.39 is 34.7 Å². The summed E-state index contributed by atoms with van der Waals surface area (Å²) < 4.78 is 30.3. The highest BCUT2D eigenvalue weighted by Crippen LogP contribution is 2.40. The first-order valence-corrected chi connectivity index (χ1v) is 10.2. The van der Waals surface area contributed by atoms with Gasteiger partial charge >= 0.3 is 6.09 Å². The van der Waals surface area contributed by atoms with Crippen molar-refractivity contribution in [2.75, 3.05) is 10.2 Å². The number of carboxylic acid groups (broad SMARTS) is 1. The standard InChI is InChI=1S/C20H21F2N5O3S/c1-5-26-10-11(9-23-26)24-16(28)15-18(27(19(29)30)20(2,3)4)31-17(25-15)14-12(21)7-6-8-13(14)22/h6-10H,5H2,1-4H3,(H,24,28)(H,29,30). The SMILES string of the molecule is CCn1cc(NC(=O)c2nc(-c3c(F)cccc3F)sc2N(C(=O)O)C(C)(C)C)cn1. The summed E-state index contributed by atoms with van der Waals surface area (Å²) in [6, 6.07) is 3.34. The number of hydrogen-bond donors (Lipinski definition) is 2. The van der Waals surface area contributed by atoms with E-state index in [0.29, 0.717) is 12.2 Å². The lowest BCUT2D eigenvalue weighted by Gasteiger charge is -2.32. The second kappa shape index (κ2) is 8.42. The molecule has 0 aliphatic rings. The number of nitrogens with one attached hydrogen (secondary N) is 1. The molecule has 3 rings (SSSR count). The van der Waals surface area contributed by atoms with Crippen LogP contribution in [0.15, 0.2) is 30.6 Å². The predicted molar refractivity (Wildman–Crippen MR) is 114 cm³/mol. The number of carbonyl (C=O) groups excluding carboxylic acids is 1. The van der Waals surface area contributed by atoms with Crippen molar-refractivity contribution in [1.82, 2.24) is 14.8 Å². The van der Waals surface area contributed by atoms with Crippen LogP contribution in [0, 0.1) is 11.6 Å². The van der Waals surface area contributed by atoms with Gasteiger partial charge in [0.25, 0.3) is 5.91 Å². The molecule has 31 heavy (non-hydrogen) atoms. The molecule has 11 heteroatoms. The summed E-state index contributed by atoms with van der Waals surface area (Å²) in [7, 11) is 0. The van der Waals surface area contributed by atoms with Crippen LogP contribution in [-0.4, -0.2) is 37.4 Å². The van der Waals surface area contributed by atoms with Crippen molar-refractivity contribution in [2.24, 2.45) is 0 Å². The van der Waals surface area contributed by atoms with Crippen LogP contribution in [0.3, 0.4) is 0 Å². The number of halogens is 2. The number of nitrogens with zero attached hydrogens (tertiary/aromatic N) is 4. The fourth-order valence-corrected chi connectivity index (χ4v) is 4.19. The summed E-state index contributed by atoms with van der Waals surface area (Å²) in [4.78, 5) is 30.1. The van der Waals surface area contributed by atoms with Gasteiger partial charge in [-0.05, 0) is 39.8 Å². The van der Waals surface area contributed by atoms with E-state index in [-0.39, 0.29) is 15.7 Å². The van der Waals surface area contributed by atoms with E-state index in [4.69, 9.17) is 0 Å². The van der Waals surface area contributed by atoms with E-state index >= 15 is 0 Å². The number of anilines is 2. The fraction of sp³-hybridized carbons (Fsp3) is 0.300. The number of thiazole rings is 1. The van der Waals surface area contributed by atoms with Crippen LogP contribution in [0.5, 0.6) is 0 Å². The maximum absolute atomic E-state index is 14.3. The maximum atomic E-state index is 14.3. The van der Waals surface area contributed by atoms with Crippen molar-refractivity contribution in [3.05, 3.63) is 47.9 Å². The van der Waals surface area contributed by atoms with E-state index in [0.717, 1.165) is 28.4 Å². The number of hydrogen-bond acceptors (Lipinski definition) is 5. The molecule has 0 saturated heterocycles. The molecule has 0 aliphatic carbocycles. The molecule has 8 nitrogen and oxygen atoms in total. The van der Waals surface area contributed by atoms with Crippen molar-refractivity contribution in [3.63, 3.8) is 0 Å². The molecule has 0 aliphatic heterocycles. The van der Waals surface area contributed by atoms with E-state index in [1.807, 2.05) is 6.92 Å². The molecule has 0 atom stereocenters. The average Bonchev–Trinajstić information content (AvgIpc) is 3.27. The normalized spacial score (nSPS) is 11.4. The lowest BCUT2D eigenvalue weighted by molar-refractivity contribution is 0.102. The van der Waals surface area contributed by atoms with Gasteiger partial charge in [0.15, 0.2) is 5.69 Å². The van der Waals surface area contributed by atoms with Gasteiger partial charge in [0.05, 0.1) is 17.4 Å². The highest BCUT2D eigenvalue weighted by molar-refractivity contribution is 7.19. The fourth-order valence-electron chi connectivity index (χ4n) is 2.89. The lowest BCUT2D eigenvalue weighted by Crippen LogP contribution is -2.45. The molecule has 2 heterocycles. The smallest absolute Gasteiger partial charge is 0.413 e. The third-order valence-electron chi connectivity index (χ3n) is 4.28. The Morgan fingerprint density at radius 3 is 2.42 bits per heavy atom. The number of amides is 2. The van der Waals surface area contributed by atoms with Gasteiger partial charge in [-0.15, -0.1) is 0 Å². The van der Waals surface area contributed by atoms with Crippen LogP contribution in [-0.2, 0) is 6.54 Å². The Morgan fingerprint density at radius 2 is 1.90 bits per heavy atom. The van der Waals surface area contributed by atoms with Crippen LogP contribution in [0.4, 0.5) is 24.3 Å². The van der Waals surface area contributed by atoms with Gasteiger partial charge in [0.1, 0.15) is 21.6 Å². The van der Waals surface area contributed by atoms with Crippen molar-refractivity contribution in [1.29, 1.82) is 0 Å². The zero-order valence-electron chi connectivity index (χ0n) is 17.3. The van der Waals surface area contributed by atoms with Gasteiger partial charge in [-0.1, -0.05) is 17.4 Å². The number of benzene rings is 1. The largest absolute Gasteiger partial charge is 0.465 e. The van der Waals surface area contributed by atoms with Crippen LogP contribution in [0.1, 0.15) is 38.2 Å². The second-order valence-electron chi connectivity index (χ2n) is 7.60. The maximum Gasteiger partial charge on any atom is 0.413 e. The number of rotatable bonds is 5. The Bertz CT molecular complexity index is 1120. The summed E-state index contributed by atoms with van der Waals surface area (Å²) in [5.74, 6) is -2.45. The van der Waals surface area contributed by atoms with Crippen molar-refractivity contribution < 1.29 is 23.5 Å². The van der Waals surface area contributed by atoms with Crippen molar-refractivity contribution in [2.45, 2.75) is 39.8 Å². The Balaban J connectivity index is 2.14. The first-order chi connectivity index (χ1) is 14.5. The molecule has 2 aromatic heterocycles. The molecule has 0 spiro atoms. The Morgan fingerprint density at radius 1 is 1.26 bits per heavy atom. The summed E-state index contributed by atoms with van der Waals surface area (Å²) >= 11 is 0.725. The predicted octanol–water partition coefficient (Wildman–Crippen LogP) is 4.84. The molecule has 2 amide bonds. The first-order valence-electron chi connectivity index (χ1n) is 9.35. The lowest BCUT2D eigenvalue weighted by atomic mass is 10.1. The van der Waals surface area contributed by atoms with E-state index in [9.17, 15) is 23.5 Å². The molecular formula is C20H21F2N5O3S. The first kappa shape index (κ1) is 22.3. The summed E-state index contributed by atoms with van der Waals surface area (Å²) in [5, 5.41) is 16.3. The molecule has 1 aromatic carbocycles. The van der Waals surface area contributed by atoms with Crippen molar-refractivity contribution >= 4 is 34.0 Å². The second-order valence-corrected chi connectivity index (χ2v) is 8.57. The zero-order valence-corrected chi connectivity index (χ0v) is 18.1. The van der Waals surface area contributed by atoms with Gasteiger partial charge in [0, 0.05) is 18.3 Å². The van der Waals surface area contributed by atoms with Gasteiger partial charge in [-0.3, -0.25) is 14.4 Å². The van der Waals surface area contributed by atoms with Crippen LogP contribution in [0.2, 0.25) is 0 Å². The molecule has 0 bridgehead atoms. The van der Waals surface area contributed by atoms with E-state index in [1.54, 1.807) is 31.6 Å². The third-order valence-corrected chi connectivity index (χ3v) is 5.34. The average molecular weight is 449 g/mol. The number of carbonyl (C=O) groups is 2. The van der Waals surface area contributed by atoms with E-state index in [2.05, 4.69) is 15.4 Å². The van der Waals surface area contributed by atoms with E-state index in [1.165, 1.54) is 12.3 Å². The quantitative estimate of drug-likeness (QED) is 0.581. The summed E-state index contributed by atoms with van der Waals surface area (Å²) in [6.07, 6.45) is 1.70. The van der Waals surface area contributed by atoms with Crippen LogP contribution >= 0.6 is 11.3 Å². The molecule has 0 radical (unpaired) electrons. The van der Waals surface area contributed by atoms with Crippen LogP contribution < -0.4 is 10.2 Å². The Labute approximate surface area is 181 Å². The number of aromatic nitrogens is 3. The molecular weight excluding hydrogens is 428 g/mol. The van der Waals surface area contributed by atoms with Gasteiger partial charge in [-0.25, -0.2) is 18.6 Å². The number of aryl methyl sites for hydroxylation is 1.